The third-order valence-corrected chi connectivity index (χ3v) is 6.30. The molecule has 4 rings (SSSR count). The van der Waals surface area contributed by atoms with E-state index in [9.17, 15) is 9.18 Å². The van der Waals surface area contributed by atoms with Gasteiger partial charge >= 0.3 is 0 Å². The molecule has 1 aliphatic rings. The Bertz CT molecular complexity index is 1070. The van der Waals surface area contributed by atoms with Crippen LogP contribution in [0.15, 0.2) is 46.9 Å². The minimum absolute atomic E-state index is 0.105. The monoisotopic (exact) mass is 422 g/mol. The Balaban J connectivity index is 1.54. The molecule has 1 N–H and O–H groups in total. The fraction of sp³-hybridized carbons (Fsp3) is 0.423. The van der Waals surface area contributed by atoms with Crippen LogP contribution in [-0.2, 0) is 5.41 Å². The second-order valence-electron chi connectivity index (χ2n) is 9.54. The summed E-state index contributed by atoms with van der Waals surface area (Å²) in [6.07, 6.45) is 2.36. The second-order valence-corrected chi connectivity index (χ2v) is 9.54. The summed E-state index contributed by atoms with van der Waals surface area (Å²) in [5.74, 6) is -0.343. The summed E-state index contributed by atoms with van der Waals surface area (Å²) >= 11 is 0. The van der Waals surface area contributed by atoms with E-state index in [0.717, 1.165) is 13.1 Å². The molecule has 1 fully saturated rings. The maximum absolute atomic E-state index is 13.6. The molecule has 0 bridgehead atoms. The zero-order valence-electron chi connectivity index (χ0n) is 18.8. The number of hydrogen-bond acceptors (Lipinski definition) is 3. The van der Waals surface area contributed by atoms with Gasteiger partial charge < -0.3 is 9.73 Å². The third kappa shape index (κ3) is 4.52. The number of amides is 1. The molecule has 2 aromatic carbocycles. The number of nitrogens with one attached hydrogen (secondary N) is 1. The van der Waals surface area contributed by atoms with Gasteiger partial charge in [0.25, 0.3) is 5.91 Å². The van der Waals surface area contributed by atoms with Crippen molar-refractivity contribution >= 4 is 16.9 Å². The Hall–Kier alpha value is -2.66. The molecule has 0 spiro atoms. The van der Waals surface area contributed by atoms with E-state index >= 15 is 0 Å². The second kappa shape index (κ2) is 8.46. The molecule has 1 aliphatic heterocycles. The van der Waals surface area contributed by atoms with Gasteiger partial charge in [-0.3, -0.25) is 9.69 Å². The van der Waals surface area contributed by atoms with Crippen LogP contribution in [0, 0.1) is 12.7 Å². The van der Waals surface area contributed by atoms with Crippen molar-refractivity contribution in [2.75, 3.05) is 19.6 Å². The van der Waals surface area contributed by atoms with E-state index in [1.165, 1.54) is 36.1 Å². The van der Waals surface area contributed by atoms with E-state index in [-0.39, 0.29) is 28.9 Å². The summed E-state index contributed by atoms with van der Waals surface area (Å²) < 4.78 is 19.3. The molecule has 0 unspecified atom stereocenters. The van der Waals surface area contributed by atoms with Crippen molar-refractivity contribution in [3.05, 3.63) is 70.7 Å². The molecule has 31 heavy (non-hydrogen) atoms. The van der Waals surface area contributed by atoms with Crippen LogP contribution in [0.25, 0.3) is 11.0 Å². The summed E-state index contributed by atoms with van der Waals surface area (Å²) in [5, 5.41) is 3.71. The number of carbonyl (C=O) groups excluding carboxylic acids is 1. The lowest BCUT2D eigenvalue weighted by Gasteiger charge is -2.29. The number of nitrogens with zero attached hydrogens (tertiary/aromatic N) is 1. The Kier molecular flexibility index (Phi) is 5.89. The number of aryl methyl sites for hydroxylation is 1. The largest absolute Gasteiger partial charge is 0.451 e. The first kappa shape index (κ1) is 21.6. The Morgan fingerprint density at radius 2 is 1.81 bits per heavy atom. The number of carbonyl (C=O) groups is 1. The molecule has 1 aromatic heterocycles. The van der Waals surface area contributed by atoms with Crippen molar-refractivity contribution < 1.29 is 13.6 Å². The quantitative estimate of drug-likeness (QED) is 0.570. The normalized spacial score (nSPS) is 16.0. The Labute approximate surface area is 183 Å². The number of halogens is 1. The lowest BCUT2D eigenvalue weighted by atomic mass is 9.86. The van der Waals surface area contributed by atoms with Crippen LogP contribution in [0.5, 0.6) is 0 Å². The Morgan fingerprint density at radius 3 is 2.45 bits per heavy atom. The number of rotatable bonds is 5. The van der Waals surface area contributed by atoms with Crippen molar-refractivity contribution in [1.82, 2.24) is 10.2 Å². The lowest BCUT2D eigenvalue weighted by molar-refractivity contribution is 0.0911. The van der Waals surface area contributed by atoms with Gasteiger partial charge in [0.2, 0.25) is 0 Å². The van der Waals surface area contributed by atoms with Gasteiger partial charge in [-0.05, 0) is 67.6 Å². The van der Waals surface area contributed by atoms with E-state index in [2.05, 4.69) is 55.3 Å². The first-order valence-electron chi connectivity index (χ1n) is 11.1. The van der Waals surface area contributed by atoms with Gasteiger partial charge in [-0.2, -0.15) is 0 Å². The van der Waals surface area contributed by atoms with Crippen molar-refractivity contribution in [2.45, 2.75) is 52.0 Å². The maximum Gasteiger partial charge on any atom is 0.287 e. The van der Waals surface area contributed by atoms with E-state index in [1.807, 2.05) is 0 Å². The average Bonchev–Trinajstić information content (AvgIpc) is 3.37. The highest BCUT2D eigenvalue weighted by Crippen LogP contribution is 2.29. The summed E-state index contributed by atoms with van der Waals surface area (Å²) in [6.45, 7) is 11.0. The average molecular weight is 423 g/mol. The molecule has 1 atom stereocenters. The predicted octanol–water partition coefficient (Wildman–Crippen LogP) is 5.74. The van der Waals surface area contributed by atoms with Crippen molar-refractivity contribution in [3.63, 3.8) is 0 Å². The van der Waals surface area contributed by atoms with E-state index < -0.39 is 0 Å². The lowest BCUT2D eigenvalue weighted by Crippen LogP contribution is -2.37. The molecule has 0 radical (unpaired) electrons. The van der Waals surface area contributed by atoms with Gasteiger partial charge in [0, 0.05) is 17.5 Å². The molecular weight excluding hydrogens is 391 g/mol. The molecule has 2 heterocycles. The van der Waals surface area contributed by atoms with Gasteiger partial charge in [0.15, 0.2) is 5.76 Å². The molecule has 3 aromatic rings. The van der Waals surface area contributed by atoms with Gasteiger partial charge in [0.1, 0.15) is 11.4 Å². The van der Waals surface area contributed by atoms with Crippen LogP contribution in [0.1, 0.15) is 66.9 Å². The molecule has 164 valence electrons. The Morgan fingerprint density at radius 1 is 1.13 bits per heavy atom. The van der Waals surface area contributed by atoms with Gasteiger partial charge in [-0.25, -0.2) is 4.39 Å². The van der Waals surface area contributed by atoms with Gasteiger partial charge in [0.05, 0.1) is 6.04 Å². The minimum atomic E-state index is -0.337. The number of fused-ring (bicyclic) bond motifs is 1. The number of furan rings is 1. The molecule has 4 nitrogen and oxygen atoms in total. The van der Waals surface area contributed by atoms with Gasteiger partial charge in [-0.1, -0.05) is 45.0 Å². The maximum atomic E-state index is 13.6. The van der Waals surface area contributed by atoms with Crippen LogP contribution >= 0.6 is 0 Å². The number of likely N-dealkylation sites (tertiary alicyclic amines) is 1. The topological polar surface area (TPSA) is 45.5 Å². The summed E-state index contributed by atoms with van der Waals surface area (Å²) in [5.41, 5.74) is 3.80. The van der Waals surface area contributed by atoms with Crippen molar-refractivity contribution in [1.29, 1.82) is 0 Å². The molecule has 5 heteroatoms. The van der Waals surface area contributed by atoms with Crippen LogP contribution in [0.2, 0.25) is 0 Å². The van der Waals surface area contributed by atoms with E-state index in [0.29, 0.717) is 23.1 Å². The molecular formula is C26H31FN2O2. The number of benzene rings is 2. The van der Waals surface area contributed by atoms with E-state index in [4.69, 9.17) is 4.42 Å². The van der Waals surface area contributed by atoms with Crippen LogP contribution in [0.3, 0.4) is 0 Å². The smallest absolute Gasteiger partial charge is 0.287 e. The summed E-state index contributed by atoms with van der Waals surface area (Å²) in [4.78, 5) is 15.4. The van der Waals surface area contributed by atoms with Gasteiger partial charge in [-0.15, -0.1) is 0 Å². The highest BCUT2D eigenvalue weighted by atomic mass is 19.1. The highest BCUT2D eigenvalue weighted by Gasteiger charge is 2.26. The van der Waals surface area contributed by atoms with Crippen LogP contribution in [-0.4, -0.2) is 30.4 Å². The molecule has 1 amide bonds. The fourth-order valence-electron chi connectivity index (χ4n) is 4.40. The SMILES string of the molecule is Cc1c(C(=O)NC[C@H](c2ccc(C(C)(C)C)cc2)N2CCCC2)oc2ccc(F)cc12. The van der Waals surface area contributed by atoms with E-state index in [1.54, 1.807) is 13.0 Å². The summed E-state index contributed by atoms with van der Waals surface area (Å²) in [6, 6.07) is 13.2. The first-order chi connectivity index (χ1) is 14.7. The first-order valence-corrected chi connectivity index (χ1v) is 11.1. The van der Waals surface area contributed by atoms with Crippen LogP contribution < -0.4 is 5.32 Å². The predicted molar refractivity (Wildman–Crippen MR) is 122 cm³/mol. The standard InChI is InChI=1S/C26H31FN2O2/c1-17-21-15-20(27)11-12-23(21)31-24(17)25(30)28-16-22(29-13-5-6-14-29)18-7-9-19(10-8-18)26(2,3)4/h7-12,15,22H,5-6,13-14,16H2,1-4H3,(H,28,30)/t22-/m1/s1. The fourth-order valence-corrected chi connectivity index (χ4v) is 4.40. The molecule has 0 saturated carbocycles. The number of hydrogen-bond donors (Lipinski definition) is 1. The summed E-state index contributed by atoms with van der Waals surface area (Å²) in [7, 11) is 0. The molecule has 0 aliphatic carbocycles. The zero-order chi connectivity index (χ0) is 22.2. The minimum Gasteiger partial charge on any atom is -0.451 e. The highest BCUT2D eigenvalue weighted by molar-refractivity contribution is 5.98. The van der Waals surface area contributed by atoms with Crippen molar-refractivity contribution in [2.24, 2.45) is 0 Å². The zero-order valence-corrected chi connectivity index (χ0v) is 18.8. The van der Waals surface area contributed by atoms with Crippen molar-refractivity contribution in [3.8, 4) is 0 Å². The van der Waals surface area contributed by atoms with Crippen LogP contribution in [0.4, 0.5) is 4.39 Å². The molecule has 1 saturated heterocycles. The third-order valence-electron chi connectivity index (χ3n) is 6.30.